The fraction of sp³-hybridized carbons (Fsp3) is 0.600. The van der Waals surface area contributed by atoms with E-state index in [2.05, 4.69) is 22.2 Å². The smallest absolute Gasteiger partial charge is 0.129 e. The number of aryl methyl sites for hydroxylation is 1. The summed E-state index contributed by atoms with van der Waals surface area (Å²) in [6.07, 6.45) is 1.77. The molecule has 0 bridgehead atoms. The normalized spacial score (nSPS) is 18.7. The van der Waals surface area contributed by atoms with E-state index in [4.69, 9.17) is 4.74 Å². The van der Waals surface area contributed by atoms with Crippen LogP contribution in [0.25, 0.3) is 0 Å². The first-order chi connectivity index (χ1) is 6.68. The number of nitrogens with one attached hydrogen (secondary N) is 1. The molecule has 0 spiro atoms. The molecule has 0 atom stereocenters. The lowest BCUT2D eigenvalue weighted by atomic mass is 9.89. The largest absolute Gasteiger partial charge is 0.380 e. The van der Waals surface area contributed by atoms with Gasteiger partial charge in [0.1, 0.15) is 11.6 Å². The number of hydrogen-bond donors (Lipinski definition) is 1. The minimum Gasteiger partial charge on any atom is -0.380 e. The molecular weight excluding hydrogens is 178 g/mol. The number of anilines is 1. The molecule has 0 aromatic carbocycles. The third kappa shape index (κ3) is 2.01. The van der Waals surface area contributed by atoms with Crippen LogP contribution in [0.2, 0.25) is 0 Å². The fourth-order valence-electron chi connectivity index (χ4n) is 1.41. The van der Waals surface area contributed by atoms with Gasteiger partial charge in [0.2, 0.25) is 0 Å². The standard InChI is InChI=1S/C10H15N3O/c1-8-11-4-3-9(13-8)12-5-10(2)6-14-7-10/h3-4H,5-7H2,1-2H3,(H,11,12,13). The number of nitrogens with zero attached hydrogens (tertiary/aromatic N) is 2. The quantitative estimate of drug-likeness (QED) is 0.784. The van der Waals surface area contributed by atoms with Crippen molar-refractivity contribution in [1.29, 1.82) is 0 Å². The third-order valence-electron chi connectivity index (χ3n) is 2.37. The first kappa shape index (κ1) is 9.40. The van der Waals surface area contributed by atoms with Gasteiger partial charge in [-0.2, -0.15) is 0 Å². The van der Waals surface area contributed by atoms with Gasteiger partial charge in [-0.3, -0.25) is 0 Å². The van der Waals surface area contributed by atoms with Crippen molar-refractivity contribution in [2.24, 2.45) is 5.41 Å². The molecule has 1 aliphatic heterocycles. The van der Waals surface area contributed by atoms with E-state index in [-0.39, 0.29) is 5.41 Å². The lowest BCUT2D eigenvalue weighted by molar-refractivity contribution is -0.0924. The average molecular weight is 193 g/mol. The molecule has 1 N–H and O–H groups in total. The van der Waals surface area contributed by atoms with Crippen molar-refractivity contribution in [3.63, 3.8) is 0 Å². The molecule has 1 aromatic heterocycles. The molecule has 76 valence electrons. The maximum atomic E-state index is 5.18. The number of ether oxygens (including phenoxy) is 1. The molecule has 1 aromatic rings. The summed E-state index contributed by atoms with van der Waals surface area (Å²) in [4.78, 5) is 8.31. The molecule has 4 nitrogen and oxygen atoms in total. The number of aromatic nitrogens is 2. The maximum Gasteiger partial charge on any atom is 0.129 e. The zero-order valence-electron chi connectivity index (χ0n) is 8.58. The van der Waals surface area contributed by atoms with Gasteiger partial charge in [0.25, 0.3) is 0 Å². The highest BCUT2D eigenvalue weighted by atomic mass is 16.5. The van der Waals surface area contributed by atoms with Crippen LogP contribution in [0.3, 0.4) is 0 Å². The Balaban J connectivity index is 1.91. The van der Waals surface area contributed by atoms with Gasteiger partial charge in [-0.15, -0.1) is 0 Å². The topological polar surface area (TPSA) is 47.0 Å². The highest BCUT2D eigenvalue weighted by Gasteiger charge is 2.32. The Kier molecular flexibility index (Phi) is 2.37. The van der Waals surface area contributed by atoms with E-state index in [1.54, 1.807) is 6.20 Å². The fourth-order valence-corrected chi connectivity index (χ4v) is 1.41. The van der Waals surface area contributed by atoms with Crippen LogP contribution in [0.1, 0.15) is 12.7 Å². The summed E-state index contributed by atoms with van der Waals surface area (Å²) >= 11 is 0. The summed E-state index contributed by atoms with van der Waals surface area (Å²) in [7, 11) is 0. The monoisotopic (exact) mass is 193 g/mol. The Labute approximate surface area is 83.7 Å². The second kappa shape index (κ2) is 3.53. The second-order valence-electron chi connectivity index (χ2n) is 4.15. The van der Waals surface area contributed by atoms with Crippen LogP contribution in [-0.2, 0) is 4.74 Å². The number of hydrogen-bond acceptors (Lipinski definition) is 4. The van der Waals surface area contributed by atoms with Crippen molar-refractivity contribution >= 4 is 5.82 Å². The maximum absolute atomic E-state index is 5.18. The summed E-state index contributed by atoms with van der Waals surface area (Å²) in [5, 5.41) is 3.30. The molecule has 2 heterocycles. The van der Waals surface area contributed by atoms with Crippen LogP contribution in [0.4, 0.5) is 5.82 Å². The number of rotatable bonds is 3. The summed E-state index contributed by atoms with van der Waals surface area (Å²) in [5.41, 5.74) is 0.277. The molecule has 0 unspecified atom stereocenters. The molecule has 1 fully saturated rings. The molecule has 0 aliphatic carbocycles. The molecule has 14 heavy (non-hydrogen) atoms. The van der Waals surface area contributed by atoms with Gasteiger partial charge in [0.05, 0.1) is 13.2 Å². The van der Waals surface area contributed by atoms with E-state index >= 15 is 0 Å². The second-order valence-corrected chi connectivity index (χ2v) is 4.15. The SMILES string of the molecule is Cc1nccc(NCC2(C)COC2)n1. The molecule has 0 saturated carbocycles. The van der Waals surface area contributed by atoms with Crippen LogP contribution >= 0.6 is 0 Å². The summed E-state index contributed by atoms with van der Waals surface area (Å²) in [6.45, 7) is 6.68. The van der Waals surface area contributed by atoms with E-state index in [1.165, 1.54) is 0 Å². The van der Waals surface area contributed by atoms with E-state index < -0.39 is 0 Å². The molecule has 1 saturated heterocycles. The van der Waals surface area contributed by atoms with Crippen LogP contribution < -0.4 is 5.32 Å². The summed E-state index contributed by atoms with van der Waals surface area (Å²) < 4.78 is 5.18. The summed E-state index contributed by atoms with van der Waals surface area (Å²) in [5.74, 6) is 1.69. The van der Waals surface area contributed by atoms with Crippen LogP contribution in [-0.4, -0.2) is 29.7 Å². The Hall–Kier alpha value is -1.16. The van der Waals surface area contributed by atoms with Crippen molar-refractivity contribution in [3.8, 4) is 0 Å². The molecule has 4 heteroatoms. The minimum absolute atomic E-state index is 0.277. The predicted molar refractivity (Wildman–Crippen MR) is 54.2 cm³/mol. The van der Waals surface area contributed by atoms with Crippen molar-refractivity contribution in [2.75, 3.05) is 25.1 Å². The Morgan fingerprint density at radius 2 is 2.36 bits per heavy atom. The first-order valence-electron chi connectivity index (χ1n) is 4.79. The van der Waals surface area contributed by atoms with Gasteiger partial charge in [0.15, 0.2) is 0 Å². The average Bonchev–Trinajstić information content (AvgIpc) is 2.12. The summed E-state index contributed by atoms with van der Waals surface area (Å²) in [6, 6.07) is 1.88. The minimum atomic E-state index is 0.277. The molecule has 0 radical (unpaired) electrons. The van der Waals surface area contributed by atoms with E-state index in [0.717, 1.165) is 31.4 Å². The zero-order chi connectivity index (χ0) is 10.0. The third-order valence-corrected chi connectivity index (χ3v) is 2.37. The molecule has 1 aliphatic rings. The van der Waals surface area contributed by atoms with Gasteiger partial charge in [-0.1, -0.05) is 6.92 Å². The van der Waals surface area contributed by atoms with Gasteiger partial charge >= 0.3 is 0 Å². The van der Waals surface area contributed by atoms with Crippen LogP contribution in [0.5, 0.6) is 0 Å². The molecule has 0 amide bonds. The predicted octanol–water partition coefficient (Wildman–Crippen LogP) is 1.23. The highest BCUT2D eigenvalue weighted by molar-refractivity contribution is 5.33. The van der Waals surface area contributed by atoms with Crippen LogP contribution in [0, 0.1) is 12.3 Å². The van der Waals surface area contributed by atoms with Gasteiger partial charge < -0.3 is 10.1 Å². The Morgan fingerprint density at radius 3 is 2.93 bits per heavy atom. The lowest BCUT2D eigenvalue weighted by Crippen LogP contribution is -2.45. The Bertz CT molecular complexity index is 323. The van der Waals surface area contributed by atoms with Crippen LogP contribution in [0.15, 0.2) is 12.3 Å². The van der Waals surface area contributed by atoms with E-state index in [0.29, 0.717) is 0 Å². The van der Waals surface area contributed by atoms with Crippen molar-refractivity contribution in [2.45, 2.75) is 13.8 Å². The van der Waals surface area contributed by atoms with Gasteiger partial charge in [0, 0.05) is 18.2 Å². The van der Waals surface area contributed by atoms with Gasteiger partial charge in [-0.05, 0) is 13.0 Å². The van der Waals surface area contributed by atoms with Crippen molar-refractivity contribution in [3.05, 3.63) is 18.1 Å². The van der Waals surface area contributed by atoms with Crippen molar-refractivity contribution in [1.82, 2.24) is 9.97 Å². The Morgan fingerprint density at radius 1 is 1.57 bits per heavy atom. The van der Waals surface area contributed by atoms with E-state index in [9.17, 15) is 0 Å². The molecular formula is C10H15N3O. The van der Waals surface area contributed by atoms with E-state index in [1.807, 2.05) is 13.0 Å². The molecule has 2 rings (SSSR count). The van der Waals surface area contributed by atoms with Gasteiger partial charge in [-0.25, -0.2) is 9.97 Å². The lowest BCUT2D eigenvalue weighted by Gasteiger charge is -2.38. The first-order valence-corrected chi connectivity index (χ1v) is 4.79. The highest BCUT2D eigenvalue weighted by Crippen LogP contribution is 2.26. The van der Waals surface area contributed by atoms with Crippen molar-refractivity contribution < 1.29 is 4.74 Å². The zero-order valence-corrected chi connectivity index (χ0v) is 8.58.